The van der Waals surface area contributed by atoms with Crippen LogP contribution >= 0.6 is 0 Å². The van der Waals surface area contributed by atoms with Crippen molar-refractivity contribution < 1.29 is 14.3 Å². The van der Waals surface area contributed by atoms with Crippen molar-refractivity contribution in [2.24, 2.45) is 5.92 Å². The Balaban J connectivity index is 2.95. The van der Waals surface area contributed by atoms with Gasteiger partial charge in [-0.25, -0.2) is 0 Å². The fourth-order valence-corrected chi connectivity index (χ4v) is 2.98. The minimum Gasteiger partial charge on any atom is -0.499 e. The maximum Gasteiger partial charge on any atom is 0.250 e. The van der Waals surface area contributed by atoms with Crippen LogP contribution in [0.3, 0.4) is 0 Å². The number of ether oxygens (including phenoxy) is 1. The first-order valence-corrected chi connectivity index (χ1v) is 8.86. The predicted octanol–water partition coefficient (Wildman–Crippen LogP) is 2.99. The van der Waals surface area contributed by atoms with Gasteiger partial charge in [0.1, 0.15) is 11.8 Å². The Morgan fingerprint density at radius 2 is 2.16 bits per heavy atom. The number of hydrogen-bond donors (Lipinski definition) is 1. The third-order valence-corrected chi connectivity index (χ3v) is 4.13. The van der Waals surface area contributed by atoms with Crippen LogP contribution in [0.4, 0.5) is 0 Å². The zero-order chi connectivity index (χ0) is 19.0. The fraction of sp³-hybridized carbons (Fsp3) is 0.600. The van der Waals surface area contributed by atoms with Gasteiger partial charge in [-0.2, -0.15) is 0 Å². The first kappa shape index (κ1) is 20.8. The van der Waals surface area contributed by atoms with E-state index in [1.807, 2.05) is 6.92 Å². The number of methoxy groups -OCH3 is 1. The molecule has 1 rings (SSSR count). The lowest BCUT2D eigenvalue weighted by Crippen LogP contribution is -2.50. The molecule has 2 amide bonds. The molecule has 0 fully saturated rings. The largest absolute Gasteiger partial charge is 0.499 e. The first-order valence-electron chi connectivity index (χ1n) is 8.86. The SMILES string of the molecule is C#CCCC(=O)N[C@H](CCC)C(=O)N1C(=C)C=C(OC)[C@@H]1CC(C)C. The Morgan fingerprint density at radius 1 is 1.48 bits per heavy atom. The van der Waals surface area contributed by atoms with Gasteiger partial charge in [-0.05, 0) is 18.8 Å². The summed E-state index contributed by atoms with van der Waals surface area (Å²) in [6.45, 7) is 10.2. The number of carbonyl (C=O) groups excluding carboxylic acids is 2. The highest BCUT2D eigenvalue weighted by Crippen LogP contribution is 2.31. The van der Waals surface area contributed by atoms with E-state index in [0.29, 0.717) is 24.5 Å². The minimum absolute atomic E-state index is 0.144. The van der Waals surface area contributed by atoms with Gasteiger partial charge in [0.25, 0.3) is 0 Å². The predicted molar refractivity (Wildman–Crippen MR) is 99.2 cm³/mol. The van der Waals surface area contributed by atoms with Gasteiger partial charge in [-0.1, -0.05) is 33.8 Å². The Bertz CT molecular complexity index is 572. The van der Waals surface area contributed by atoms with Gasteiger partial charge in [0.2, 0.25) is 11.8 Å². The standard InChI is InChI=1S/C20H30N2O3/c1-7-9-11-19(23)21-16(10-8-2)20(24)22-15(5)13-18(25-6)17(22)12-14(3)4/h1,13-14,16-17H,5,8-12H2,2-4,6H3,(H,21,23)/t16-,17+/m1/s1. The molecule has 5 nitrogen and oxygen atoms in total. The van der Waals surface area contributed by atoms with Crippen molar-refractivity contribution in [2.45, 2.75) is 65.0 Å². The van der Waals surface area contributed by atoms with Crippen LogP contribution in [0.2, 0.25) is 0 Å². The smallest absolute Gasteiger partial charge is 0.250 e. The molecule has 1 aliphatic rings. The molecule has 0 aliphatic carbocycles. The zero-order valence-electron chi connectivity index (χ0n) is 15.8. The summed E-state index contributed by atoms with van der Waals surface area (Å²) in [6, 6.07) is -0.752. The summed E-state index contributed by atoms with van der Waals surface area (Å²) in [5, 5.41) is 2.83. The normalized spacial score (nSPS) is 17.9. The zero-order valence-corrected chi connectivity index (χ0v) is 15.8. The van der Waals surface area contributed by atoms with Gasteiger partial charge in [0.05, 0.1) is 13.2 Å². The van der Waals surface area contributed by atoms with Crippen molar-refractivity contribution in [2.75, 3.05) is 7.11 Å². The summed E-state index contributed by atoms with van der Waals surface area (Å²) >= 11 is 0. The van der Waals surface area contributed by atoms with Gasteiger partial charge >= 0.3 is 0 Å². The lowest BCUT2D eigenvalue weighted by molar-refractivity contribution is -0.136. The average molecular weight is 346 g/mol. The molecule has 1 heterocycles. The summed E-state index contributed by atoms with van der Waals surface area (Å²) in [4.78, 5) is 26.8. The molecule has 0 radical (unpaired) electrons. The number of nitrogens with zero attached hydrogens (tertiary/aromatic N) is 1. The Hall–Kier alpha value is -2.22. The van der Waals surface area contributed by atoms with Crippen LogP contribution in [0.15, 0.2) is 24.1 Å². The minimum atomic E-state index is -0.578. The second kappa shape index (κ2) is 9.93. The molecule has 25 heavy (non-hydrogen) atoms. The Kier molecular flexibility index (Phi) is 8.27. The second-order valence-electron chi connectivity index (χ2n) is 6.71. The number of terminal acetylenes is 1. The highest BCUT2D eigenvalue weighted by molar-refractivity contribution is 5.89. The first-order chi connectivity index (χ1) is 11.8. The van der Waals surface area contributed by atoms with Crippen LogP contribution < -0.4 is 5.32 Å². The van der Waals surface area contributed by atoms with E-state index in [1.54, 1.807) is 18.1 Å². The molecule has 2 atom stereocenters. The molecule has 0 unspecified atom stereocenters. The highest BCUT2D eigenvalue weighted by atomic mass is 16.5. The van der Waals surface area contributed by atoms with Crippen LogP contribution in [-0.4, -0.2) is 35.9 Å². The van der Waals surface area contributed by atoms with Gasteiger partial charge in [0.15, 0.2) is 0 Å². The van der Waals surface area contributed by atoms with Gasteiger partial charge in [-0.3, -0.25) is 9.59 Å². The molecule has 0 bridgehead atoms. The molecule has 0 aromatic rings. The summed E-state index contributed by atoms with van der Waals surface area (Å²) in [7, 11) is 1.60. The number of rotatable bonds is 9. The van der Waals surface area contributed by atoms with Gasteiger partial charge in [0, 0.05) is 24.6 Å². The summed E-state index contributed by atoms with van der Waals surface area (Å²) in [6.07, 6.45) is 9.71. The van der Waals surface area contributed by atoms with Crippen molar-refractivity contribution in [3.63, 3.8) is 0 Å². The second-order valence-corrected chi connectivity index (χ2v) is 6.71. The van der Waals surface area contributed by atoms with E-state index >= 15 is 0 Å². The number of allylic oxidation sites excluding steroid dienone is 1. The third kappa shape index (κ3) is 5.67. The molecule has 0 saturated heterocycles. The maximum absolute atomic E-state index is 13.1. The van der Waals surface area contributed by atoms with E-state index in [4.69, 9.17) is 11.2 Å². The molecule has 0 spiro atoms. The molecule has 0 saturated carbocycles. The third-order valence-electron chi connectivity index (χ3n) is 4.13. The van der Waals surface area contributed by atoms with E-state index in [2.05, 4.69) is 31.7 Å². The van der Waals surface area contributed by atoms with Crippen LogP contribution in [-0.2, 0) is 14.3 Å². The van der Waals surface area contributed by atoms with Crippen molar-refractivity contribution in [3.05, 3.63) is 24.1 Å². The lowest BCUT2D eigenvalue weighted by atomic mass is 10.0. The number of carbonyl (C=O) groups is 2. The molecule has 0 aromatic carbocycles. The van der Waals surface area contributed by atoms with Gasteiger partial charge in [-0.15, -0.1) is 12.3 Å². The Morgan fingerprint density at radius 3 is 2.68 bits per heavy atom. The molecule has 138 valence electrons. The van der Waals surface area contributed by atoms with E-state index in [0.717, 1.165) is 18.6 Å². The lowest BCUT2D eigenvalue weighted by Gasteiger charge is -2.31. The molecule has 5 heteroatoms. The molecular weight excluding hydrogens is 316 g/mol. The fourth-order valence-electron chi connectivity index (χ4n) is 2.98. The molecule has 0 aromatic heterocycles. The highest BCUT2D eigenvalue weighted by Gasteiger charge is 2.38. The number of amides is 2. The van der Waals surface area contributed by atoms with Crippen LogP contribution in [0.5, 0.6) is 0 Å². The number of nitrogens with one attached hydrogen (secondary N) is 1. The van der Waals surface area contributed by atoms with E-state index < -0.39 is 6.04 Å². The van der Waals surface area contributed by atoms with Crippen molar-refractivity contribution in [1.82, 2.24) is 10.2 Å². The van der Waals surface area contributed by atoms with Crippen LogP contribution in [0.25, 0.3) is 0 Å². The summed E-state index contributed by atoms with van der Waals surface area (Å²) < 4.78 is 5.45. The monoisotopic (exact) mass is 346 g/mol. The van der Waals surface area contributed by atoms with E-state index in [-0.39, 0.29) is 24.3 Å². The molecule has 1 N–H and O–H groups in total. The van der Waals surface area contributed by atoms with Crippen molar-refractivity contribution in [3.8, 4) is 12.3 Å². The summed E-state index contributed by atoms with van der Waals surface area (Å²) in [5.74, 6) is 3.22. The Labute approximate surface area is 151 Å². The van der Waals surface area contributed by atoms with E-state index in [9.17, 15) is 9.59 Å². The number of hydrogen-bond acceptors (Lipinski definition) is 3. The summed E-state index contributed by atoms with van der Waals surface area (Å²) in [5.41, 5.74) is 0.603. The van der Waals surface area contributed by atoms with Crippen molar-refractivity contribution in [1.29, 1.82) is 0 Å². The average Bonchev–Trinajstić information content (AvgIpc) is 2.86. The topological polar surface area (TPSA) is 58.6 Å². The molecular formula is C20H30N2O3. The quantitative estimate of drug-likeness (QED) is 0.653. The van der Waals surface area contributed by atoms with Crippen molar-refractivity contribution >= 4 is 11.8 Å². The van der Waals surface area contributed by atoms with Crippen LogP contribution in [0.1, 0.15) is 52.9 Å². The van der Waals surface area contributed by atoms with Gasteiger partial charge < -0.3 is 15.0 Å². The van der Waals surface area contributed by atoms with Crippen LogP contribution in [0, 0.1) is 18.3 Å². The molecule has 1 aliphatic heterocycles. The maximum atomic E-state index is 13.1. The van der Waals surface area contributed by atoms with E-state index in [1.165, 1.54) is 0 Å².